The minimum atomic E-state index is -0.941. The average molecular weight is 650 g/mol. The van der Waals surface area contributed by atoms with Crippen molar-refractivity contribution in [2.45, 2.75) is 70.0 Å². The van der Waals surface area contributed by atoms with Gasteiger partial charge in [0.1, 0.15) is 41.4 Å². The first-order valence-corrected chi connectivity index (χ1v) is 16.5. The zero-order valence-electron chi connectivity index (χ0n) is 26.3. The van der Waals surface area contributed by atoms with Crippen molar-refractivity contribution in [3.05, 3.63) is 47.7 Å². The Bertz CT molecular complexity index is 1850. The van der Waals surface area contributed by atoms with Gasteiger partial charge in [0.25, 0.3) is 0 Å². The minimum Gasteiger partial charge on any atom is -0.508 e. The van der Waals surface area contributed by atoms with Crippen LogP contribution in [0.5, 0.6) is 11.8 Å². The van der Waals surface area contributed by atoms with Gasteiger partial charge in [0.15, 0.2) is 5.82 Å². The Morgan fingerprint density at radius 2 is 1.89 bits per heavy atom. The molecule has 0 amide bonds. The van der Waals surface area contributed by atoms with Crippen molar-refractivity contribution >= 4 is 33.5 Å². The number of hydrogen-bond acceptors (Lipinski definition) is 8. The zero-order valence-corrected chi connectivity index (χ0v) is 26.3. The van der Waals surface area contributed by atoms with Gasteiger partial charge in [-0.15, -0.1) is 0 Å². The first-order valence-electron chi connectivity index (χ1n) is 16.5. The lowest BCUT2D eigenvalue weighted by Crippen LogP contribution is -2.43. The first kappa shape index (κ1) is 31.4. The summed E-state index contributed by atoms with van der Waals surface area (Å²) in [5.41, 5.74) is 0.0251. The van der Waals surface area contributed by atoms with Crippen molar-refractivity contribution in [3.8, 4) is 23.0 Å². The van der Waals surface area contributed by atoms with Crippen LogP contribution in [0.1, 0.15) is 57.4 Å². The number of halogens is 3. The van der Waals surface area contributed by atoms with E-state index in [0.29, 0.717) is 85.7 Å². The SMILES string of the molecule is CCc1c(F)ccc2cc(O)cc(-c3ncc4c(N5CCCC(C(=O)O)CCC5)nc(OC[C@@]56CCCN5C[C@H](F)C6)nc4c3F)c12. The molecule has 7 rings (SSSR count). The Balaban J connectivity index is 1.34. The Morgan fingerprint density at radius 1 is 1.11 bits per heavy atom. The van der Waals surface area contributed by atoms with Crippen LogP contribution in [0.4, 0.5) is 19.0 Å². The number of fused-ring (bicyclic) bond motifs is 3. The molecule has 47 heavy (non-hydrogen) atoms. The van der Waals surface area contributed by atoms with Crippen LogP contribution in [0.3, 0.4) is 0 Å². The number of benzene rings is 2. The third kappa shape index (κ3) is 5.70. The summed E-state index contributed by atoms with van der Waals surface area (Å²) in [4.78, 5) is 29.6. The molecule has 3 saturated heterocycles. The number of phenolic OH excluding ortho intramolecular Hbond substituents is 1. The van der Waals surface area contributed by atoms with E-state index in [2.05, 4.69) is 14.9 Å². The largest absolute Gasteiger partial charge is 0.508 e. The molecule has 2 aromatic carbocycles. The van der Waals surface area contributed by atoms with Crippen LogP contribution >= 0.6 is 0 Å². The number of alkyl halides is 1. The number of phenols is 1. The number of carboxylic acids is 1. The molecular formula is C35H38F3N5O4. The fourth-order valence-electron chi connectivity index (χ4n) is 7.97. The number of pyridine rings is 1. The highest BCUT2D eigenvalue weighted by atomic mass is 19.1. The molecule has 4 aromatic rings. The van der Waals surface area contributed by atoms with Gasteiger partial charge in [-0.1, -0.05) is 13.0 Å². The van der Waals surface area contributed by atoms with Crippen LogP contribution in [0.15, 0.2) is 30.5 Å². The number of hydrogen-bond donors (Lipinski definition) is 2. The van der Waals surface area contributed by atoms with Crippen LogP contribution < -0.4 is 9.64 Å². The second-order valence-electron chi connectivity index (χ2n) is 13.2. The van der Waals surface area contributed by atoms with E-state index in [4.69, 9.17) is 9.72 Å². The molecule has 248 valence electrons. The van der Waals surface area contributed by atoms with Crippen LogP contribution in [0, 0.1) is 17.6 Å². The molecular weight excluding hydrogens is 611 g/mol. The Morgan fingerprint density at radius 3 is 2.64 bits per heavy atom. The van der Waals surface area contributed by atoms with Gasteiger partial charge in [-0.05, 0) is 86.0 Å². The maximum atomic E-state index is 16.8. The summed E-state index contributed by atoms with van der Waals surface area (Å²) < 4.78 is 52.5. The highest BCUT2D eigenvalue weighted by molar-refractivity contribution is 6.01. The Kier molecular flexibility index (Phi) is 8.32. The highest BCUT2D eigenvalue weighted by Crippen LogP contribution is 2.42. The molecule has 3 aliphatic heterocycles. The number of carbonyl (C=O) groups is 1. The fraction of sp³-hybridized carbons (Fsp3) is 0.486. The summed E-state index contributed by atoms with van der Waals surface area (Å²) in [6.45, 7) is 4.12. The number of aromatic hydroxyl groups is 1. The van der Waals surface area contributed by atoms with E-state index in [1.807, 2.05) is 11.8 Å². The maximum Gasteiger partial charge on any atom is 0.319 e. The number of rotatable bonds is 7. The van der Waals surface area contributed by atoms with Crippen molar-refractivity contribution in [1.29, 1.82) is 0 Å². The van der Waals surface area contributed by atoms with Gasteiger partial charge >= 0.3 is 12.0 Å². The number of anilines is 1. The number of aromatic nitrogens is 3. The van der Waals surface area contributed by atoms with Crippen LogP contribution in [0.25, 0.3) is 32.9 Å². The van der Waals surface area contributed by atoms with E-state index in [0.717, 1.165) is 19.4 Å². The second-order valence-corrected chi connectivity index (χ2v) is 13.2. The maximum absolute atomic E-state index is 16.8. The third-order valence-corrected chi connectivity index (χ3v) is 10.2. The third-order valence-electron chi connectivity index (χ3n) is 10.2. The molecule has 3 fully saturated rings. The summed E-state index contributed by atoms with van der Waals surface area (Å²) in [6.07, 6.45) is 5.20. The van der Waals surface area contributed by atoms with Crippen molar-refractivity contribution < 1.29 is 32.9 Å². The van der Waals surface area contributed by atoms with E-state index in [1.54, 1.807) is 6.07 Å². The van der Waals surface area contributed by atoms with Crippen molar-refractivity contribution in [1.82, 2.24) is 19.9 Å². The average Bonchev–Trinajstić information content (AvgIpc) is 3.55. The normalized spacial score (nSPS) is 22.5. The van der Waals surface area contributed by atoms with Gasteiger partial charge in [-0.25, -0.2) is 13.2 Å². The lowest BCUT2D eigenvalue weighted by Gasteiger charge is -2.31. The van der Waals surface area contributed by atoms with E-state index in [9.17, 15) is 23.8 Å². The highest BCUT2D eigenvalue weighted by Gasteiger charge is 2.49. The van der Waals surface area contributed by atoms with E-state index in [1.165, 1.54) is 24.4 Å². The molecule has 0 aliphatic carbocycles. The molecule has 3 aliphatic rings. The van der Waals surface area contributed by atoms with E-state index < -0.39 is 35.2 Å². The summed E-state index contributed by atoms with van der Waals surface area (Å²) in [7, 11) is 0. The topological polar surface area (TPSA) is 112 Å². The predicted octanol–water partition coefficient (Wildman–Crippen LogP) is 6.43. The number of aliphatic carboxylic acids is 1. The van der Waals surface area contributed by atoms with Gasteiger partial charge < -0.3 is 19.8 Å². The molecule has 2 atom stereocenters. The van der Waals surface area contributed by atoms with Crippen LogP contribution in [0.2, 0.25) is 0 Å². The van der Waals surface area contributed by atoms with Gasteiger partial charge in [0.2, 0.25) is 0 Å². The predicted molar refractivity (Wildman–Crippen MR) is 172 cm³/mol. The second kappa shape index (κ2) is 12.4. The summed E-state index contributed by atoms with van der Waals surface area (Å²) in [5, 5.41) is 21.5. The first-order chi connectivity index (χ1) is 22.7. The van der Waals surface area contributed by atoms with Crippen molar-refractivity contribution in [3.63, 3.8) is 0 Å². The quantitative estimate of drug-likeness (QED) is 0.234. The Labute approximate surface area is 270 Å². The van der Waals surface area contributed by atoms with Crippen molar-refractivity contribution in [2.75, 3.05) is 37.7 Å². The van der Waals surface area contributed by atoms with E-state index >= 15 is 4.39 Å². The van der Waals surface area contributed by atoms with Crippen molar-refractivity contribution in [2.24, 2.45) is 5.92 Å². The number of nitrogens with zero attached hydrogens (tertiary/aromatic N) is 5. The van der Waals surface area contributed by atoms with Crippen LogP contribution in [-0.4, -0.2) is 80.5 Å². The van der Waals surface area contributed by atoms with E-state index in [-0.39, 0.29) is 35.1 Å². The smallest absolute Gasteiger partial charge is 0.319 e. The summed E-state index contributed by atoms with van der Waals surface area (Å²) in [6, 6.07) is 5.73. The molecule has 2 N–H and O–H groups in total. The summed E-state index contributed by atoms with van der Waals surface area (Å²) >= 11 is 0. The van der Waals surface area contributed by atoms with Gasteiger partial charge in [-0.2, -0.15) is 9.97 Å². The zero-order chi connectivity index (χ0) is 32.9. The monoisotopic (exact) mass is 649 g/mol. The molecule has 9 nitrogen and oxygen atoms in total. The molecule has 0 radical (unpaired) electrons. The molecule has 0 saturated carbocycles. The molecule has 2 aromatic heterocycles. The summed E-state index contributed by atoms with van der Waals surface area (Å²) in [5.74, 6) is -2.09. The fourth-order valence-corrected chi connectivity index (χ4v) is 7.97. The standard InChI is InChI=1S/C35H38F3N5O4/c1-2-24-27(37)9-8-21-14-23(44)15-25(28(21)24)30-29(38)31-26(17-39-30)32(42-11-3-6-20(33(45)46)7-4-12-42)41-34(40-31)47-19-35-10-5-13-43(35)18-22(36)16-35/h8-9,14-15,17,20,22,44H,2-7,10-13,16,18-19H2,1H3,(H,45,46)/t22-,35+/m1/s1. The number of carboxylic acid groups (broad SMARTS) is 1. The number of aryl methyl sites for hydroxylation is 1. The number of ether oxygens (including phenoxy) is 1. The molecule has 0 spiro atoms. The minimum absolute atomic E-state index is 0.0398. The van der Waals surface area contributed by atoms with Crippen LogP contribution in [-0.2, 0) is 11.2 Å². The lowest BCUT2D eigenvalue weighted by molar-refractivity contribution is -0.142. The molecule has 5 heterocycles. The van der Waals surface area contributed by atoms with Gasteiger partial charge in [0, 0.05) is 37.8 Å². The lowest BCUT2D eigenvalue weighted by atomic mass is 9.94. The van der Waals surface area contributed by atoms with Gasteiger partial charge in [0.05, 0.1) is 16.8 Å². The Hall–Kier alpha value is -4.19. The van der Waals surface area contributed by atoms with Gasteiger partial charge in [-0.3, -0.25) is 14.7 Å². The molecule has 0 bridgehead atoms. The molecule has 0 unspecified atom stereocenters. The molecule has 12 heteroatoms.